The van der Waals surface area contributed by atoms with Crippen molar-refractivity contribution in [2.24, 2.45) is 5.41 Å². The number of ketones is 1. The molecule has 0 bridgehead atoms. The van der Waals surface area contributed by atoms with Gasteiger partial charge in [-0.2, -0.15) is 0 Å². The highest BCUT2D eigenvalue weighted by Crippen LogP contribution is 2.48. The van der Waals surface area contributed by atoms with Gasteiger partial charge in [0.15, 0.2) is 5.78 Å². The van der Waals surface area contributed by atoms with E-state index in [2.05, 4.69) is 30.5 Å². The number of nitrogens with zero attached hydrogens (tertiary/aromatic N) is 1. The quantitative estimate of drug-likeness (QED) is 0.479. The van der Waals surface area contributed by atoms with Crippen LogP contribution in [0.4, 0.5) is 17.1 Å². The lowest BCUT2D eigenvalue weighted by atomic mass is 9.74. The maximum absolute atomic E-state index is 13.6. The van der Waals surface area contributed by atoms with Crippen LogP contribution in [0.3, 0.4) is 0 Å². The molecule has 2 aliphatic rings. The zero-order valence-electron chi connectivity index (χ0n) is 20.6. The van der Waals surface area contributed by atoms with E-state index >= 15 is 0 Å². The molecule has 0 saturated carbocycles. The van der Waals surface area contributed by atoms with E-state index in [0.29, 0.717) is 17.8 Å². The number of carbonyl (C=O) groups is 2. The lowest BCUT2D eigenvalue weighted by molar-refractivity contribution is -0.119. The normalized spacial score (nSPS) is 18.9. The largest absolute Gasteiger partial charge is 0.467 e. The molecule has 6 nitrogen and oxygen atoms in total. The average molecular weight is 470 g/mol. The minimum Gasteiger partial charge on any atom is -0.467 e. The van der Waals surface area contributed by atoms with E-state index in [1.165, 1.54) is 0 Å². The minimum atomic E-state index is -0.509. The zero-order valence-corrected chi connectivity index (χ0v) is 20.6. The first-order chi connectivity index (χ1) is 16.7. The number of hydrogen-bond acceptors (Lipinski definition) is 5. The molecule has 1 aliphatic heterocycles. The number of furan rings is 1. The Morgan fingerprint density at radius 3 is 2.54 bits per heavy atom. The third-order valence-corrected chi connectivity index (χ3v) is 6.64. The predicted molar refractivity (Wildman–Crippen MR) is 138 cm³/mol. The molecule has 5 rings (SSSR count). The molecule has 1 aromatic heterocycles. The van der Waals surface area contributed by atoms with Crippen LogP contribution in [0.25, 0.3) is 0 Å². The highest BCUT2D eigenvalue weighted by Gasteiger charge is 2.42. The number of para-hydroxylation sites is 2. The summed E-state index contributed by atoms with van der Waals surface area (Å²) in [4.78, 5) is 28.9. The van der Waals surface area contributed by atoms with E-state index in [-0.39, 0.29) is 23.7 Å². The third-order valence-electron chi connectivity index (χ3n) is 6.64. The van der Waals surface area contributed by atoms with Gasteiger partial charge in [0.1, 0.15) is 11.8 Å². The Balaban J connectivity index is 1.59. The molecule has 0 spiro atoms. The Morgan fingerprint density at radius 2 is 1.83 bits per heavy atom. The summed E-state index contributed by atoms with van der Waals surface area (Å²) in [6, 6.07) is 17.1. The van der Waals surface area contributed by atoms with E-state index in [1.54, 1.807) is 6.26 Å². The van der Waals surface area contributed by atoms with Gasteiger partial charge in [0, 0.05) is 23.4 Å². The SMILES string of the molecule is Cc1cc(C)cc(NC(=O)CN2c3ccccc3NC3=C(C(=O)CC(C)(C)C3)[C@@H]2c2ccco2)c1. The van der Waals surface area contributed by atoms with Crippen LogP contribution >= 0.6 is 0 Å². The van der Waals surface area contributed by atoms with E-state index in [4.69, 9.17) is 4.42 Å². The molecule has 0 fully saturated rings. The van der Waals surface area contributed by atoms with Gasteiger partial charge in [0.05, 0.1) is 24.2 Å². The van der Waals surface area contributed by atoms with Crippen LogP contribution in [0, 0.1) is 19.3 Å². The Hall–Kier alpha value is -3.80. The van der Waals surface area contributed by atoms with Gasteiger partial charge < -0.3 is 20.0 Å². The summed E-state index contributed by atoms with van der Waals surface area (Å²) in [6.07, 6.45) is 2.80. The molecule has 1 amide bonds. The molecule has 1 aliphatic carbocycles. The van der Waals surface area contributed by atoms with Gasteiger partial charge in [-0.15, -0.1) is 0 Å². The number of carbonyl (C=O) groups excluding carboxylic acids is 2. The van der Waals surface area contributed by atoms with Crippen LogP contribution in [0.1, 0.15) is 49.6 Å². The monoisotopic (exact) mass is 469 g/mol. The first-order valence-corrected chi connectivity index (χ1v) is 12.0. The molecule has 35 heavy (non-hydrogen) atoms. The van der Waals surface area contributed by atoms with Crippen molar-refractivity contribution in [1.29, 1.82) is 0 Å². The fourth-order valence-electron chi connectivity index (χ4n) is 5.37. The van der Waals surface area contributed by atoms with Crippen LogP contribution in [0.2, 0.25) is 0 Å². The number of fused-ring (bicyclic) bond motifs is 1. The van der Waals surface area contributed by atoms with E-state index < -0.39 is 6.04 Å². The van der Waals surface area contributed by atoms with Gasteiger partial charge in [-0.25, -0.2) is 0 Å². The molecule has 2 heterocycles. The molecule has 2 aromatic carbocycles. The zero-order chi connectivity index (χ0) is 24.7. The number of Topliss-reactive ketones (excluding diaryl/α,β-unsaturated/α-hetero) is 1. The summed E-state index contributed by atoms with van der Waals surface area (Å²) < 4.78 is 5.87. The standard InChI is InChI=1S/C29H31N3O3/c1-18-12-19(2)14-20(13-18)30-26(34)17-32-23-9-6-5-8-21(23)31-22-15-29(3,4)16-24(33)27(22)28(32)25-10-7-11-35-25/h5-14,28,31H,15-17H2,1-4H3,(H,30,34)/t28-/m0/s1. The van der Waals surface area contributed by atoms with Crippen molar-refractivity contribution in [2.75, 3.05) is 22.1 Å². The lowest BCUT2D eigenvalue weighted by Gasteiger charge is -2.36. The van der Waals surface area contributed by atoms with Crippen molar-refractivity contribution in [3.05, 3.63) is 89.0 Å². The summed E-state index contributed by atoms with van der Waals surface area (Å²) >= 11 is 0. The van der Waals surface area contributed by atoms with Crippen molar-refractivity contribution in [3.8, 4) is 0 Å². The fraction of sp³-hybridized carbons (Fsp3) is 0.310. The number of nitrogens with one attached hydrogen (secondary N) is 2. The van der Waals surface area contributed by atoms with Gasteiger partial charge in [-0.3, -0.25) is 9.59 Å². The van der Waals surface area contributed by atoms with E-state index in [0.717, 1.165) is 40.3 Å². The second kappa shape index (κ2) is 8.77. The van der Waals surface area contributed by atoms with Crippen LogP contribution < -0.4 is 15.5 Å². The Kier molecular flexibility index (Phi) is 5.75. The Labute approximate surface area is 206 Å². The van der Waals surface area contributed by atoms with Gasteiger partial charge in [0.2, 0.25) is 5.91 Å². The lowest BCUT2D eigenvalue weighted by Crippen LogP contribution is -2.40. The van der Waals surface area contributed by atoms with E-state index in [9.17, 15) is 9.59 Å². The van der Waals surface area contributed by atoms with Gasteiger partial charge in [-0.05, 0) is 73.2 Å². The first-order valence-electron chi connectivity index (χ1n) is 12.0. The topological polar surface area (TPSA) is 74.6 Å². The number of aryl methyl sites for hydroxylation is 2. The molecule has 1 atom stereocenters. The summed E-state index contributed by atoms with van der Waals surface area (Å²) in [5.41, 5.74) is 6.08. The number of amides is 1. The number of rotatable bonds is 4. The smallest absolute Gasteiger partial charge is 0.243 e. The molecule has 2 N–H and O–H groups in total. The molecule has 0 unspecified atom stereocenters. The van der Waals surface area contributed by atoms with Crippen LogP contribution in [-0.2, 0) is 9.59 Å². The van der Waals surface area contributed by atoms with Crippen LogP contribution in [0.5, 0.6) is 0 Å². The second-order valence-corrected chi connectivity index (χ2v) is 10.4. The summed E-state index contributed by atoms with van der Waals surface area (Å²) in [6.45, 7) is 8.31. The number of benzene rings is 2. The third kappa shape index (κ3) is 4.61. The Bertz CT molecular complexity index is 1300. The highest BCUT2D eigenvalue weighted by atomic mass is 16.3. The summed E-state index contributed by atoms with van der Waals surface area (Å²) in [5, 5.41) is 6.60. The maximum atomic E-state index is 13.6. The minimum absolute atomic E-state index is 0.0600. The number of anilines is 3. The first kappa shape index (κ1) is 23.0. The molecule has 3 aromatic rings. The fourth-order valence-corrected chi connectivity index (χ4v) is 5.37. The average Bonchev–Trinajstić information content (AvgIpc) is 3.24. The molecule has 180 valence electrons. The van der Waals surface area contributed by atoms with Crippen molar-refractivity contribution in [2.45, 2.75) is 46.6 Å². The molecular formula is C29H31N3O3. The molecular weight excluding hydrogens is 438 g/mol. The summed E-state index contributed by atoms with van der Waals surface area (Å²) in [5.74, 6) is 0.565. The predicted octanol–water partition coefficient (Wildman–Crippen LogP) is 6.15. The van der Waals surface area contributed by atoms with Crippen molar-refractivity contribution in [1.82, 2.24) is 0 Å². The van der Waals surface area contributed by atoms with Crippen molar-refractivity contribution >= 4 is 28.8 Å². The van der Waals surface area contributed by atoms with Gasteiger partial charge >= 0.3 is 0 Å². The second-order valence-electron chi connectivity index (χ2n) is 10.4. The summed E-state index contributed by atoms with van der Waals surface area (Å²) in [7, 11) is 0. The molecule has 0 radical (unpaired) electrons. The van der Waals surface area contributed by atoms with Crippen molar-refractivity contribution in [3.63, 3.8) is 0 Å². The van der Waals surface area contributed by atoms with E-state index in [1.807, 2.05) is 67.3 Å². The van der Waals surface area contributed by atoms with Gasteiger partial charge in [-0.1, -0.05) is 32.0 Å². The maximum Gasteiger partial charge on any atom is 0.243 e. The van der Waals surface area contributed by atoms with Gasteiger partial charge in [0.25, 0.3) is 0 Å². The number of hydrogen-bond donors (Lipinski definition) is 2. The Morgan fingerprint density at radius 1 is 1.09 bits per heavy atom. The van der Waals surface area contributed by atoms with Crippen LogP contribution in [-0.4, -0.2) is 18.2 Å². The molecule has 0 saturated heterocycles. The molecule has 6 heteroatoms. The van der Waals surface area contributed by atoms with Crippen molar-refractivity contribution < 1.29 is 14.0 Å². The number of allylic oxidation sites excluding steroid dienone is 1. The highest BCUT2D eigenvalue weighted by molar-refractivity contribution is 6.02. The van der Waals surface area contributed by atoms with Crippen LogP contribution in [0.15, 0.2) is 76.5 Å².